The number of aryl methyl sites for hydroxylation is 2. The van der Waals surface area contributed by atoms with E-state index in [1.165, 1.54) is 5.56 Å². The Kier molecular flexibility index (Phi) is 4.90. The van der Waals surface area contributed by atoms with E-state index in [9.17, 15) is 0 Å². The Balaban J connectivity index is 2.38. The van der Waals surface area contributed by atoms with Gasteiger partial charge in [0.2, 0.25) is 0 Å². The molecule has 0 radical (unpaired) electrons. The Labute approximate surface area is 121 Å². The summed E-state index contributed by atoms with van der Waals surface area (Å²) in [7, 11) is 0. The van der Waals surface area contributed by atoms with Crippen LogP contribution in [0.3, 0.4) is 0 Å². The molecule has 1 heterocycles. The topological polar surface area (TPSA) is 42.7 Å². The van der Waals surface area contributed by atoms with Crippen LogP contribution in [0.25, 0.3) is 5.69 Å². The van der Waals surface area contributed by atoms with Crippen molar-refractivity contribution in [3.05, 3.63) is 41.5 Å². The lowest BCUT2D eigenvalue weighted by atomic mass is 10.1. The summed E-state index contributed by atoms with van der Waals surface area (Å²) in [5.74, 6) is 1.94. The summed E-state index contributed by atoms with van der Waals surface area (Å²) in [4.78, 5) is 4.59. The van der Waals surface area contributed by atoms with E-state index in [1.807, 2.05) is 4.68 Å². The number of aromatic nitrogens is 3. The summed E-state index contributed by atoms with van der Waals surface area (Å²) in [5, 5.41) is 8.10. The average molecular weight is 272 g/mol. The summed E-state index contributed by atoms with van der Waals surface area (Å²) in [6, 6.07) is 8.86. The van der Waals surface area contributed by atoms with Crippen LogP contribution in [0.4, 0.5) is 0 Å². The molecule has 20 heavy (non-hydrogen) atoms. The largest absolute Gasteiger partial charge is 0.310 e. The van der Waals surface area contributed by atoms with Gasteiger partial charge in [-0.3, -0.25) is 0 Å². The van der Waals surface area contributed by atoms with E-state index in [1.54, 1.807) is 0 Å². The molecule has 2 rings (SSSR count). The lowest BCUT2D eigenvalue weighted by Crippen LogP contribution is -2.23. The van der Waals surface area contributed by atoms with Crippen LogP contribution in [0.5, 0.6) is 0 Å². The number of nitrogens with zero attached hydrogens (tertiary/aromatic N) is 3. The van der Waals surface area contributed by atoms with Gasteiger partial charge in [-0.15, -0.1) is 0 Å². The van der Waals surface area contributed by atoms with Crippen LogP contribution in [-0.2, 0) is 19.4 Å². The molecule has 1 aromatic heterocycles. The number of benzene rings is 1. The molecular weight excluding hydrogens is 248 g/mol. The minimum absolute atomic E-state index is 0.468. The lowest BCUT2D eigenvalue weighted by molar-refractivity contribution is 0.585. The van der Waals surface area contributed by atoms with Crippen molar-refractivity contribution in [2.24, 2.45) is 0 Å². The average Bonchev–Trinajstić information content (AvgIpc) is 2.88. The van der Waals surface area contributed by atoms with E-state index in [0.29, 0.717) is 6.04 Å². The molecule has 0 saturated carbocycles. The first-order valence-electron chi connectivity index (χ1n) is 7.42. The van der Waals surface area contributed by atoms with Crippen molar-refractivity contribution < 1.29 is 0 Å². The zero-order valence-electron chi connectivity index (χ0n) is 12.8. The molecule has 0 aliphatic heterocycles. The molecular formula is C16H24N4. The van der Waals surface area contributed by atoms with E-state index in [0.717, 1.165) is 36.7 Å². The van der Waals surface area contributed by atoms with Crippen molar-refractivity contribution in [3.63, 3.8) is 0 Å². The highest BCUT2D eigenvalue weighted by Gasteiger charge is 2.12. The van der Waals surface area contributed by atoms with Crippen LogP contribution in [-0.4, -0.2) is 20.8 Å². The molecule has 1 N–H and O–H groups in total. The standard InChI is InChI=1S/C16H24N4/c1-5-15-18-16(6-2)20(19-15)14-10-8-7-9-13(14)11-17-12(3)4/h7-10,12,17H,5-6,11H2,1-4H3. The predicted octanol–water partition coefficient (Wildman–Crippen LogP) is 2.89. The normalized spacial score (nSPS) is 11.2. The van der Waals surface area contributed by atoms with E-state index in [-0.39, 0.29) is 0 Å². The molecule has 108 valence electrons. The van der Waals surface area contributed by atoms with E-state index < -0.39 is 0 Å². The van der Waals surface area contributed by atoms with Gasteiger partial charge in [0.1, 0.15) is 5.82 Å². The predicted molar refractivity (Wildman–Crippen MR) is 82.1 cm³/mol. The van der Waals surface area contributed by atoms with Crippen molar-refractivity contribution >= 4 is 0 Å². The van der Waals surface area contributed by atoms with Gasteiger partial charge in [-0.2, -0.15) is 5.10 Å². The fourth-order valence-electron chi connectivity index (χ4n) is 2.14. The minimum atomic E-state index is 0.468. The Hall–Kier alpha value is -1.68. The van der Waals surface area contributed by atoms with Crippen LogP contribution in [0, 0.1) is 0 Å². The summed E-state index contributed by atoms with van der Waals surface area (Å²) in [6.07, 6.45) is 1.76. The summed E-state index contributed by atoms with van der Waals surface area (Å²) in [5.41, 5.74) is 2.38. The molecule has 0 saturated heterocycles. The quantitative estimate of drug-likeness (QED) is 0.879. The summed E-state index contributed by atoms with van der Waals surface area (Å²) >= 11 is 0. The van der Waals surface area contributed by atoms with Gasteiger partial charge >= 0.3 is 0 Å². The molecule has 0 bridgehead atoms. The van der Waals surface area contributed by atoms with Gasteiger partial charge in [-0.05, 0) is 11.6 Å². The lowest BCUT2D eigenvalue weighted by Gasteiger charge is -2.13. The van der Waals surface area contributed by atoms with Crippen molar-refractivity contribution in [1.82, 2.24) is 20.1 Å². The molecule has 0 fully saturated rings. The Morgan fingerprint density at radius 1 is 1.15 bits per heavy atom. The highest BCUT2D eigenvalue weighted by molar-refractivity contribution is 5.41. The first-order valence-corrected chi connectivity index (χ1v) is 7.42. The van der Waals surface area contributed by atoms with Gasteiger partial charge < -0.3 is 5.32 Å². The van der Waals surface area contributed by atoms with Crippen molar-refractivity contribution in [3.8, 4) is 5.69 Å². The molecule has 1 aromatic carbocycles. The second-order valence-electron chi connectivity index (χ2n) is 5.23. The SMILES string of the molecule is CCc1nc(CC)n(-c2ccccc2CNC(C)C)n1. The maximum atomic E-state index is 4.64. The number of hydrogen-bond acceptors (Lipinski definition) is 3. The Bertz CT molecular complexity index is 557. The molecule has 2 aromatic rings. The first-order chi connectivity index (χ1) is 9.65. The summed E-state index contributed by atoms with van der Waals surface area (Å²) in [6.45, 7) is 9.37. The van der Waals surface area contributed by atoms with Crippen LogP contribution >= 0.6 is 0 Å². The van der Waals surface area contributed by atoms with Crippen molar-refractivity contribution in [2.45, 2.75) is 53.1 Å². The van der Waals surface area contributed by atoms with Crippen LogP contribution in [0.1, 0.15) is 44.9 Å². The second-order valence-corrected chi connectivity index (χ2v) is 5.23. The molecule has 0 aliphatic carbocycles. The smallest absolute Gasteiger partial charge is 0.151 e. The van der Waals surface area contributed by atoms with Crippen LogP contribution in [0.15, 0.2) is 24.3 Å². The van der Waals surface area contributed by atoms with E-state index in [4.69, 9.17) is 0 Å². The minimum Gasteiger partial charge on any atom is -0.310 e. The van der Waals surface area contributed by atoms with Gasteiger partial charge in [-0.1, -0.05) is 45.9 Å². The highest BCUT2D eigenvalue weighted by atomic mass is 15.4. The zero-order valence-corrected chi connectivity index (χ0v) is 12.8. The molecule has 4 heteroatoms. The highest BCUT2D eigenvalue weighted by Crippen LogP contribution is 2.16. The monoisotopic (exact) mass is 272 g/mol. The summed E-state index contributed by atoms with van der Waals surface area (Å²) < 4.78 is 2.00. The van der Waals surface area contributed by atoms with Crippen molar-refractivity contribution in [2.75, 3.05) is 0 Å². The van der Waals surface area contributed by atoms with Gasteiger partial charge in [0, 0.05) is 25.4 Å². The van der Waals surface area contributed by atoms with Gasteiger partial charge in [0.25, 0.3) is 0 Å². The third-order valence-corrected chi connectivity index (χ3v) is 3.27. The molecule has 0 amide bonds. The number of hydrogen-bond donors (Lipinski definition) is 1. The maximum Gasteiger partial charge on any atom is 0.151 e. The molecule has 0 spiro atoms. The van der Waals surface area contributed by atoms with E-state index in [2.05, 4.69) is 67.4 Å². The fraction of sp³-hybridized carbons (Fsp3) is 0.500. The van der Waals surface area contributed by atoms with Gasteiger partial charge in [0.05, 0.1) is 5.69 Å². The van der Waals surface area contributed by atoms with E-state index >= 15 is 0 Å². The Morgan fingerprint density at radius 3 is 2.55 bits per heavy atom. The first kappa shape index (κ1) is 14.7. The van der Waals surface area contributed by atoms with Crippen LogP contribution in [0.2, 0.25) is 0 Å². The number of para-hydroxylation sites is 1. The maximum absolute atomic E-state index is 4.64. The Morgan fingerprint density at radius 2 is 1.90 bits per heavy atom. The second kappa shape index (κ2) is 6.66. The molecule has 0 atom stereocenters. The third kappa shape index (κ3) is 3.25. The van der Waals surface area contributed by atoms with Crippen molar-refractivity contribution in [1.29, 1.82) is 0 Å². The van der Waals surface area contributed by atoms with Gasteiger partial charge in [0.15, 0.2) is 5.82 Å². The number of rotatable bonds is 6. The molecule has 0 unspecified atom stereocenters. The third-order valence-electron chi connectivity index (χ3n) is 3.27. The van der Waals surface area contributed by atoms with Gasteiger partial charge in [-0.25, -0.2) is 9.67 Å². The fourth-order valence-corrected chi connectivity index (χ4v) is 2.14. The zero-order chi connectivity index (χ0) is 14.5. The molecule has 4 nitrogen and oxygen atoms in total. The number of nitrogens with one attached hydrogen (secondary N) is 1. The molecule has 0 aliphatic rings. The van der Waals surface area contributed by atoms with Crippen LogP contribution < -0.4 is 5.32 Å².